The van der Waals surface area contributed by atoms with Crippen LogP contribution in [0.1, 0.15) is 37.9 Å². The van der Waals surface area contributed by atoms with Crippen LogP contribution in [0.3, 0.4) is 0 Å². The Morgan fingerprint density at radius 2 is 1.85 bits per heavy atom. The molecule has 0 spiro atoms. The molecule has 0 saturated heterocycles. The number of allylic oxidation sites excluding steroid dienone is 1. The monoisotopic (exact) mass is 554 g/mol. The fourth-order valence-corrected chi connectivity index (χ4v) is 5.18. The first-order valence-electron chi connectivity index (χ1n) is 11.7. The molecule has 0 saturated carbocycles. The van der Waals surface area contributed by atoms with Crippen molar-refractivity contribution in [3.05, 3.63) is 98.7 Å². The van der Waals surface area contributed by atoms with Crippen LogP contribution in [-0.4, -0.2) is 38.7 Å². The summed E-state index contributed by atoms with van der Waals surface area (Å²) in [6.45, 7) is 5.65. The number of nitrogens with zero attached hydrogens (tertiary/aromatic N) is 4. The van der Waals surface area contributed by atoms with Crippen LogP contribution in [-0.2, 0) is 9.53 Å². The molecule has 1 N–H and O–H groups in total. The van der Waals surface area contributed by atoms with E-state index < -0.39 is 44.5 Å². The molecule has 202 valence electrons. The molecule has 4 rings (SSSR count). The summed E-state index contributed by atoms with van der Waals surface area (Å²) >= 11 is 0.901. The van der Waals surface area contributed by atoms with E-state index in [1.807, 2.05) is 6.92 Å². The average Bonchev–Trinajstić information content (AvgIpc) is 3.19. The van der Waals surface area contributed by atoms with Crippen molar-refractivity contribution in [2.45, 2.75) is 26.8 Å². The van der Waals surface area contributed by atoms with E-state index >= 15 is 0 Å². The number of fused-ring (bicyclic) bond motifs is 1. The van der Waals surface area contributed by atoms with Crippen molar-refractivity contribution in [2.24, 2.45) is 4.99 Å². The normalized spacial score (nSPS) is 14.9. The maximum absolute atomic E-state index is 13.7. The number of carbonyl (C=O) groups excluding carboxylic acids is 1. The van der Waals surface area contributed by atoms with Gasteiger partial charge < -0.3 is 14.6 Å². The number of nitro groups is 2. The lowest BCUT2D eigenvalue weighted by Crippen LogP contribution is -2.39. The number of aromatic nitrogens is 1. The third kappa shape index (κ3) is 5.13. The quantitative estimate of drug-likeness (QED) is 0.249. The second kappa shape index (κ2) is 10.9. The fourth-order valence-electron chi connectivity index (χ4n) is 4.14. The van der Waals surface area contributed by atoms with Crippen LogP contribution in [0.25, 0.3) is 6.08 Å². The van der Waals surface area contributed by atoms with Gasteiger partial charge in [0.05, 0.1) is 51.0 Å². The van der Waals surface area contributed by atoms with E-state index in [9.17, 15) is 34.9 Å². The number of phenols is 1. The van der Waals surface area contributed by atoms with E-state index in [1.54, 1.807) is 38.1 Å². The van der Waals surface area contributed by atoms with Crippen LogP contribution >= 0.6 is 11.3 Å². The van der Waals surface area contributed by atoms with Crippen molar-refractivity contribution in [1.82, 2.24) is 4.57 Å². The number of hydrogen-bond donors (Lipinski definition) is 1. The molecule has 0 radical (unpaired) electrons. The highest BCUT2D eigenvalue weighted by Crippen LogP contribution is 2.35. The fraction of sp³-hybridized carbons (Fsp3) is 0.240. The van der Waals surface area contributed by atoms with Gasteiger partial charge in [-0.3, -0.25) is 29.6 Å². The second-order valence-corrected chi connectivity index (χ2v) is 9.23. The maximum atomic E-state index is 13.7. The van der Waals surface area contributed by atoms with E-state index in [-0.39, 0.29) is 27.1 Å². The van der Waals surface area contributed by atoms with E-state index in [2.05, 4.69) is 4.99 Å². The Bertz CT molecular complexity index is 1700. The summed E-state index contributed by atoms with van der Waals surface area (Å²) in [6, 6.07) is 7.46. The number of hydrogen-bond acceptors (Lipinski definition) is 11. The minimum Gasteiger partial charge on any atom is -0.502 e. The van der Waals surface area contributed by atoms with Gasteiger partial charge in [0.25, 0.3) is 11.2 Å². The van der Waals surface area contributed by atoms with Crippen LogP contribution in [0, 0.1) is 20.2 Å². The lowest BCUT2D eigenvalue weighted by Gasteiger charge is -2.24. The molecule has 2 heterocycles. The summed E-state index contributed by atoms with van der Waals surface area (Å²) in [5.41, 5.74) is -1.39. The van der Waals surface area contributed by atoms with Gasteiger partial charge in [0.1, 0.15) is 5.75 Å². The summed E-state index contributed by atoms with van der Waals surface area (Å²) < 4.78 is 12.0. The Hall–Kier alpha value is -4.85. The Kier molecular flexibility index (Phi) is 7.58. The van der Waals surface area contributed by atoms with Gasteiger partial charge in [-0.25, -0.2) is 9.79 Å². The lowest BCUT2D eigenvalue weighted by molar-refractivity contribution is -0.394. The van der Waals surface area contributed by atoms with Crippen molar-refractivity contribution in [1.29, 1.82) is 0 Å². The van der Waals surface area contributed by atoms with Crippen LogP contribution in [0.4, 0.5) is 11.4 Å². The number of ether oxygens (including phenoxy) is 2. The molecule has 39 heavy (non-hydrogen) atoms. The Morgan fingerprint density at radius 3 is 2.44 bits per heavy atom. The minimum atomic E-state index is -0.956. The van der Waals surface area contributed by atoms with Gasteiger partial charge in [-0.2, -0.15) is 0 Å². The molecule has 1 aromatic heterocycles. The standard InChI is InChI=1S/C25H22N4O9S/c1-4-37-17-8-6-14(7-9-17)21-20(24(32)38-5-2)13(3)26-25-27(21)23(31)19(39-25)11-15-10-16(28(33)34)12-18(22(15)30)29(35)36/h6-12,21,30H,4-5H2,1-3H3/b19-11-/t21-/m0/s1. The maximum Gasteiger partial charge on any atom is 0.338 e. The molecule has 1 aliphatic heterocycles. The number of aromatic hydroxyl groups is 1. The van der Waals surface area contributed by atoms with Crippen molar-refractivity contribution < 1.29 is 29.2 Å². The van der Waals surface area contributed by atoms with E-state index in [4.69, 9.17) is 9.47 Å². The minimum absolute atomic E-state index is 0.0207. The third-order valence-corrected chi connectivity index (χ3v) is 6.80. The van der Waals surface area contributed by atoms with Crippen molar-refractivity contribution in [3.63, 3.8) is 0 Å². The summed E-state index contributed by atoms with van der Waals surface area (Å²) in [5, 5.41) is 33.1. The zero-order valence-electron chi connectivity index (χ0n) is 20.9. The van der Waals surface area contributed by atoms with Gasteiger partial charge in [0, 0.05) is 11.6 Å². The molecule has 13 nitrogen and oxygen atoms in total. The van der Waals surface area contributed by atoms with Crippen LogP contribution in [0.15, 0.2) is 57.5 Å². The van der Waals surface area contributed by atoms with Gasteiger partial charge in [0.2, 0.25) is 5.75 Å². The first-order valence-corrected chi connectivity index (χ1v) is 12.5. The van der Waals surface area contributed by atoms with Crippen LogP contribution < -0.4 is 19.6 Å². The predicted octanol–water partition coefficient (Wildman–Crippen LogP) is 2.72. The Balaban J connectivity index is 1.97. The second-order valence-electron chi connectivity index (χ2n) is 8.22. The molecule has 0 bridgehead atoms. The predicted molar refractivity (Wildman–Crippen MR) is 139 cm³/mol. The lowest BCUT2D eigenvalue weighted by atomic mass is 9.96. The molecular formula is C25H22N4O9S. The summed E-state index contributed by atoms with van der Waals surface area (Å²) in [6.07, 6.45) is 1.12. The summed E-state index contributed by atoms with van der Waals surface area (Å²) in [4.78, 5) is 52.2. The zero-order chi connectivity index (χ0) is 28.4. The Labute approximate surface area is 223 Å². The van der Waals surface area contributed by atoms with E-state index in [0.717, 1.165) is 23.5 Å². The van der Waals surface area contributed by atoms with Gasteiger partial charge in [0.15, 0.2) is 4.80 Å². The number of rotatable bonds is 8. The largest absolute Gasteiger partial charge is 0.502 e. The number of esters is 1. The highest BCUT2D eigenvalue weighted by Gasteiger charge is 2.33. The third-order valence-electron chi connectivity index (χ3n) is 5.82. The molecule has 14 heteroatoms. The number of carbonyl (C=O) groups is 1. The number of nitro benzene ring substituents is 2. The summed E-state index contributed by atoms with van der Waals surface area (Å²) in [5.74, 6) is -0.892. The van der Waals surface area contributed by atoms with E-state index in [1.165, 1.54) is 4.57 Å². The topological polar surface area (TPSA) is 176 Å². The van der Waals surface area contributed by atoms with Crippen molar-refractivity contribution >= 4 is 34.8 Å². The number of non-ortho nitro benzene ring substituents is 1. The number of thiazole rings is 1. The molecule has 2 aromatic carbocycles. The molecular weight excluding hydrogens is 532 g/mol. The van der Waals surface area contributed by atoms with Gasteiger partial charge >= 0.3 is 11.7 Å². The first kappa shape index (κ1) is 27.2. The van der Waals surface area contributed by atoms with Crippen LogP contribution in [0.2, 0.25) is 0 Å². The van der Waals surface area contributed by atoms with Crippen molar-refractivity contribution in [3.8, 4) is 11.5 Å². The number of benzene rings is 2. The van der Waals surface area contributed by atoms with Gasteiger partial charge in [-0.05, 0) is 44.5 Å². The zero-order valence-corrected chi connectivity index (χ0v) is 21.8. The Morgan fingerprint density at radius 1 is 1.15 bits per heavy atom. The molecule has 0 aliphatic carbocycles. The molecule has 0 unspecified atom stereocenters. The van der Waals surface area contributed by atoms with Crippen LogP contribution in [0.5, 0.6) is 11.5 Å². The molecule has 1 aliphatic rings. The number of phenolic OH excluding ortho intramolecular Hbond substituents is 1. The van der Waals surface area contributed by atoms with Crippen molar-refractivity contribution in [2.75, 3.05) is 13.2 Å². The highest BCUT2D eigenvalue weighted by atomic mass is 32.1. The van der Waals surface area contributed by atoms with Gasteiger partial charge in [-0.1, -0.05) is 23.5 Å². The van der Waals surface area contributed by atoms with E-state index in [0.29, 0.717) is 29.7 Å². The molecule has 0 amide bonds. The van der Waals surface area contributed by atoms with Gasteiger partial charge in [-0.15, -0.1) is 0 Å². The molecule has 0 fully saturated rings. The SMILES string of the molecule is CCOC(=O)C1=C(C)N=c2s/c(=C\c3cc([N+](=O)[O-])cc([N+](=O)[O-])c3O)c(=O)n2[C@H]1c1ccc(OCC)cc1. The summed E-state index contributed by atoms with van der Waals surface area (Å²) in [7, 11) is 0. The average molecular weight is 555 g/mol. The highest BCUT2D eigenvalue weighted by molar-refractivity contribution is 7.07. The molecule has 1 atom stereocenters. The smallest absolute Gasteiger partial charge is 0.338 e. The molecule has 3 aromatic rings. The first-order chi connectivity index (χ1) is 18.6.